The molecule has 0 aliphatic carbocycles. The Morgan fingerprint density at radius 1 is 0.933 bits per heavy atom. The highest BCUT2D eigenvalue weighted by Crippen LogP contribution is 2.32. The van der Waals surface area contributed by atoms with E-state index in [1.807, 2.05) is 11.3 Å². The van der Waals surface area contributed by atoms with Gasteiger partial charge in [0.1, 0.15) is 7.28 Å². The lowest BCUT2D eigenvalue weighted by molar-refractivity contribution is 1.86. The molecule has 0 fully saturated rings. The van der Waals surface area contributed by atoms with Crippen LogP contribution in [-0.2, 0) is 0 Å². The van der Waals surface area contributed by atoms with Crippen molar-refractivity contribution in [1.82, 2.24) is 0 Å². The second-order valence-corrected chi connectivity index (χ2v) is 4.73. The molecule has 0 unspecified atom stereocenters. The van der Waals surface area contributed by atoms with Gasteiger partial charge in [0.25, 0.3) is 0 Å². The number of fused-ring (bicyclic) bond motifs is 3. The number of hydrogen-bond donors (Lipinski definition) is 0. The standard InChI is InChI=1S/C13H10BS/c1-14-9-6-7-11-10-4-2-3-5-12(10)15-13(11)8-9/h2-8H,1H3. The van der Waals surface area contributed by atoms with Gasteiger partial charge in [0.15, 0.2) is 0 Å². The van der Waals surface area contributed by atoms with Gasteiger partial charge in [-0.3, -0.25) is 0 Å². The minimum Gasteiger partial charge on any atom is -0.135 e. The molecular formula is C13H10BS. The van der Waals surface area contributed by atoms with Crippen LogP contribution in [0.2, 0.25) is 6.82 Å². The largest absolute Gasteiger partial charge is 0.148 e. The van der Waals surface area contributed by atoms with Gasteiger partial charge in [-0.2, -0.15) is 0 Å². The lowest BCUT2D eigenvalue weighted by atomic mass is 9.73. The van der Waals surface area contributed by atoms with Gasteiger partial charge in [-0.15, -0.1) is 11.3 Å². The molecule has 0 saturated heterocycles. The fourth-order valence-corrected chi connectivity index (χ4v) is 3.08. The Morgan fingerprint density at radius 2 is 1.73 bits per heavy atom. The number of benzene rings is 2. The van der Waals surface area contributed by atoms with Crippen molar-refractivity contribution in [3.63, 3.8) is 0 Å². The van der Waals surface area contributed by atoms with E-state index in [1.54, 1.807) is 0 Å². The van der Waals surface area contributed by atoms with E-state index < -0.39 is 0 Å². The summed E-state index contributed by atoms with van der Waals surface area (Å²) in [6.45, 7) is 2.08. The Hall–Kier alpha value is -1.28. The highest BCUT2D eigenvalue weighted by molar-refractivity contribution is 7.25. The fourth-order valence-electron chi connectivity index (χ4n) is 1.92. The van der Waals surface area contributed by atoms with Crippen LogP contribution in [0.5, 0.6) is 0 Å². The van der Waals surface area contributed by atoms with E-state index in [0.717, 1.165) is 0 Å². The van der Waals surface area contributed by atoms with Gasteiger partial charge in [-0.05, 0) is 6.07 Å². The van der Waals surface area contributed by atoms with E-state index in [-0.39, 0.29) is 0 Å². The van der Waals surface area contributed by atoms with Crippen LogP contribution in [0.25, 0.3) is 20.2 Å². The van der Waals surface area contributed by atoms with E-state index in [2.05, 4.69) is 56.6 Å². The highest BCUT2D eigenvalue weighted by atomic mass is 32.1. The zero-order valence-corrected chi connectivity index (χ0v) is 9.34. The molecule has 0 aliphatic heterocycles. The predicted molar refractivity (Wildman–Crippen MR) is 70.6 cm³/mol. The summed E-state index contributed by atoms with van der Waals surface area (Å²) >= 11 is 1.87. The zero-order chi connectivity index (χ0) is 10.3. The van der Waals surface area contributed by atoms with Gasteiger partial charge in [0, 0.05) is 20.2 Å². The average molecular weight is 209 g/mol. The Morgan fingerprint density at radius 3 is 2.60 bits per heavy atom. The molecule has 1 aromatic heterocycles. The quantitative estimate of drug-likeness (QED) is 0.538. The zero-order valence-electron chi connectivity index (χ0n) is 8.53. The van der Waals surface area contributed by atoms with Crippen molar-refractivity contribution in [2.45, 2.75) is 6.82 Å². The maximum Gasteiger partial charge on any atom is 0.148 e. The molecule has 2 heteroatoms. The third-order valence-corrected chi connectivity index (χ3v) is 3.87. The normalized spacial score (nSPS) is 11.0. The SMILES string of the molecule is C[B]c1ccc2c(c1)sc1ccccc12. The van der Waals surface area contributed by atoms with Gasteiger partial charge < -0.3 is 0 Å². The molecule has 0 nitrogen and oxygen atoms in total. The summed E-state index contributed by atoms with van der Waals surface area (Å²) in [5, 5.41) is 2.75. The Bertz CT molecular complexity index is 625. The van der Waals surface area contributed by atoms with E-state index in [0.29, 0.717) is 0 Å². The first-order valence-corrected chi connectivity index (χ1v) is 5.91. The molecule has 0 bridgehead atoms. The third kappa shape index (κ3) is 1.37. The molecule has 0 atom stereocenters. The van der Waals surface area contributed by atoms with Crippen molar-refractivity contribution in [3.8, 4) is 0 Å². The molecule has 0 amide bonds. The minimum atomic E-state index is 1.30. The molecule has 0 N–H and O–H groups in total. The molecule has 1 heterocycles. The van der Waals surface area contributed by atoms with E-state index in [4.69, 9.17) is 0 Å². The van der Waals surface area contributed by atoms with Crippen LogP contribution in [0.15, 0.2) is 42.5 Å². The van der Waals surface area contributed by atoms with Crippen molar-refractivity contribution in [2.75, 3.05) is 0 Å². The molecule has 3 rings (SSSR count). The summed E-state index contributed by atoms with van der Waals surface area (Å²) in [5.74, 6) is 0. The summed E-state index contributed by atoms with van der Waals surface area (Å²) in [6, 6.07) is 15.3. The van der Waals surface area contributed by atoms with Crippen molar-refractivity contribution in [2.24, 2.45) is 0 Å². The molecule has 15 heavy (non-hydrogen) atoms. The lowest BCUT2D eigenvalue weighted by Crippen LogP contribution is -2.08. The van der Waals surface area contributed by atoms with E-state index in [1.165, 1.54) is 25.6 Å². The van der Waals surface area contributed by atoms with Crippen LogP contribution >= 0.6 is 11.3 Å². The Balaban J connectivity index is 2.43. The Kier molecular flexibility index (Phi) is 2.03. The first-order valence-electron chi connectivity index (χ1n) is 5.09. The second-order valence-electron chi connectivity index (χ2n) is 3.64. The molecule has 3 aromatic rings. The van der Waals surface area contributed by atoms with Crippen LogP contribution < -0.4 is 5.46 Å². The molecule has 1 radical (unpaired) electrons. The monoisotopic (exact) mass is 209 g/mol. The maximum absolute atomic E-state index is 2.26. The molecule has 71 valence electrons. The van der Waals surface area contributed by atoms with Gasteiger partial charge in [-0.25, -0.2) is 0 Å². The molecule has 0 aliphatic rings. The predicted octanol–water partition coefficient (Wildman–Crippen LogP) is 3.43. The van der Waals surface area contributed by atoms with Crippen molar-refractivity contribution >= 4 is 44.3 Å². The summed E-state index contributed by atoms with van der Waals surface area (Å²) < 4.78 is 2.76. The first-order chi connectivity index (χ1) is 7.38. The maximum atomic E-state index is 2.26. The van der Waals surface area contributed by atoms with Gasteiger partial charge in [0.2, 0.25) is 0 Å². The van der Waals surface area contributed by atoms with Crippen molar-refractivity contribution in [1.29, 1.82) is 0 Å². The molecule has 2 aromatic carbocycles. The van der Waals surface area contributed by atoms with Crippen LogP contribution in [-0.4, -0.2) is 7.28 Å². The van der Waals surface area contributed by atoms with Crippen LogP contribution in [0.4, 0.5) is 0 Å². The second kappa shape index (κ2) is 3.39. The topological polar surface area (TPSA) is 0 Å². The molecule has 0 spiro atoms. The van der Waals surface area contributed by atoms with Crippen molar-refractivity contribution < 1.29 is 0 Å². The van der Waals surface area contributed by atoms with E-state index in [9.17, 15) is 0 Å². The number of rotatable bonds is 1. The van der Waals surface area contributed by atoms with Crippen LogP contribution in [0.3, 0.4) is 0 Å². The fraction of sp³-hybridized carbons (Fsp3) is 0.0769. The molecule has 0 saturated carbocycles. The summed E-state index contributed by atoms with van der Waals surface area (Å²) in [6.07, 6.45) is 0. The first kappa shape index (κ1) is 8.99. The van der Waals surface area contributed by atoms with Gasteiger partial charge in [-0.1, -0.05) is 48.7 Å². The van der Waals surface area contributed by atoms with Gasteiger partial charge in [0.05, 0.1) is 0 Å². The number of thiophene rings is 1. The molecular weight excluding hydrogens is 199 g/mol. The summed E-state index contributed by atoms with van der Waals surface area (Å²) in [5.41, 5.74) is 1.30. The lowest BCUT2D eigenvalue weighted by Gasteiger charge is -1.95. The van der Waals surface area contributed by atoms with Gasteiger partial charge >= 0.3 is 0 Å². The summed E-state index contributed by atoms with van der Waals surface area (Å²) in [7, 11) is 2.14. The van der Waals surface area contributed by atoms with E-state index >= 15 is 0 Å². The minimum absolute atomic E-state index is 1.30. The third-order valence-electron chi connectivity index (χ3n) is 2.74. The Labute approximate surface area is 93.8 Å². The summed E-state index contributed by atoms with van der Waals surface area (Å²) in [4.78, 5) is 0. The highest BCUT2D eigenvalue weighted by Gasteiger charge is 2.03. The van der Waals surface area contributed by atoms with Crippen LogP contribution in [0.1, 0.15) is 0 Å². The van der Waals surface area contributed by atoms with Crippen LogP contribution in [0, 0.1) is 0 Å². The average Bonchev–Trinajstić information content (AvgIpc) is 2.66. The van der Waals surface area contributed by atoms with Crippen molar-refractivity contribution in [3.05, 3.63) is 42.5 Å². The number of hydrogen-bond acceptors (Lipinski definition) is 1. The smallest absolute Gasteiger partial charge is 0.135 e.